The predicted octanol–water partition coefficient (Wildman–Crippen LogP) is -0.158. The number of rotatable bonds is 7. The van der Waals surface area contributed by atoms with Gasteiger partial charge < -0.3 is 9.84 Å². The molecule has 0 aliphatic heterocycles. The van der Waals surface area contributed by atoms with E-state index < -0.39 is 6.10 Å². The molecule has 0 fully saturated rings. The molecule has 0 saturated carbocycles. The molecule has 1 unspecified atom stereocenters. The number of methoxy groups -OCH3 is 1. The third kappa shape index (κ3) is 9.26. The smallest absolute Gasteiger partial charge is 0.243 e. The van der Waals surface area contributed by atoms with E-state index in [1.54, 1.807) is 14.0 Å². The minimum atomic E-state index is -0.454. The van der Waals surface area contributed by atoms with E-state index in [1.807, 2.05) is 0 Å². The maximum absolute atomic E-state index is 10.9. The molecule has 0 aliphatic carbocycles. The highest BCUT2D eigenvalue weighted by molar-refractivity contribution is 5.74. The van der Waals surface area contributed by atoms with Crippen molar-refractivity contribution in [1.29, 1.82) is 0 Å². The fourth-order valence-corrected chi connectivity index (χ4v) is 0.648. The Kier molecular flexibility index (Phi) is 7.57. The molecular formula is C8H17NO4. The highest BCUT2D eigenvalue weighted by atomic mass is 16.7. The van der Waals surface area contributed by atoms with E-state index in [4.69, 9.17) is 14.7 Å². The van der Waals surface area contributed by atoms with Crippen molar-refractivity contribution in [3.63, 3.8) is 0 Å². The number of aliphatic hydroxyl groups excluding tert-OH is 1. The average Bonchev–Trinajstić information content (AvgIpc) is 2.09. The summed E-state index contributed by atoms with van der Waals surface area (Å²) in [5.41, 5.74) is 2.24. The monoisotopic (exact) mass is 191 g/mol. The lowest BCUT2D eigenvalue weighted by Crippen LogP contribution is -2.25. The molecule has 0 rings (SSSR count). The number of hydrogen-bond donors (Lipinski definition) is 2. The van der Waals surface area contributed by atoms with Crippen LogP contribution in [0.1, 0.15) is 19.8 Å². The number of hydroxylamine groups is 1. The molecule has 1 amide bonds. The van der Waals surface area contributed by atoms with Crippen molar-refractivity contribution in [3.8, 4) is 0 Å². The highest BCUT2D eigenvalue weighted by Gasteiger charge is 2.03. The second kappa shape index (κ2) is 7.97. The average molecular weight is 191 g/mol. The summed E-state index contributed by atoms with van der Waals surface area (Å²) < 4.78 is 4.71. The van der Waals surface area contributed by atoms with E-state index in [9.17, 15) is 4.79 Å². The van der Waals surface area contributed by atoms with Crippen LogP contribution in [-0.4, -0.2) is 37.4 Å². The molecule has 78 valence electrons. The Morgan fingerprint density at radius 2 is 2.23 bits per heavy atom. The second-order valence-corrected chi connectivity index (χ2v) is 2.75. The first-order chi connectivity index (χ1) is 6.16. The van der Waals surface area contributed by atoms with Gasteiger partial charge in [-0.1, -0.05) is 0 Å². The Morgan fingerprint density at radius 1 is 1.54 bits per heavy atom. The summed E-state index contributed by atoms with van der Waals surface area (Å²) in [5.74, 6) is -0.225. The number of amides is 1. The third-order valence-electron chi connectivity index (χ3n) is 1.36. The lowest BCUT2D eigenvalue weighted by atomic mass is 10.2. The van der Waals surface area contributed by atoms with Gasteiger partial charge in [-0.2, -0.15) is 0 Å². The number of aliphatic hydroxyl groups is 1. The Bertz CT molecular complexity index is 138. The van der Waals surface area contributed by atoms with Crippen LogP contribution in [0.25, 0.3) is 0 Å². The van der Waals surface area contributed by atoms with Crippen molar-refractivity contribution >= 4 is 5.91 Å². The van der Waals surface area contributed by atoms with Gasteiger partial charge >= 0.3 is 0 Å². The van der Waals surface area contributed by atoms with Crippen LogP contribution < -0.4 is 5.48 Å². The molecule has 1 atom stereocenters. The van der Waals surface area contributed by atoms with Crippen molar-refractivity contribution in [3.05, 3.63) is 0 Å². The van der Waals surface area contributed by atoms with Crippen molar-refractivity contribution in [1.82, 2.24) is 5.48 Å². The SMILES string of the molecule is COCCONC(=O)CCC(C)O. The Balaban J connectivity index is 3.20. The fraction of sp³-hybridized carbons (Fsp3) is 0.875. The first-order valence-electron chi connectivity index (χ1n) is 4.24. The summed E-state index contributed by atoms with van der Waals surface area (Å²) >= 11 is 0. The van der Waals surface area contributed by atoms with Crippen LogP contribution >= 0.6 is 0 Å². The highest BCUT2D eigenvalue weighted by Crippen LogP contribution is 1.94. The van der Waals surface area contributed by atoms with Gasteiger partial charge in [0.05, 0.1) is 19.3 Å². The summed E-state index contributed by atoms with van der Waals surface area (Å²) in [5, 5.41) is 8.87. The maximum Gasteiger partial charge on any atom is 0.243 e. The first kappa shape index (κ1) is 12.3. The number of carbonyl (C=O) groups is 1. The predicted molar refractivity (Wildman–Crippen MR) is 46.9 cm³/mol. The number of nitrogens with one attached hydrogen (secondary N) is 1. The molecule has 5 heteroatoms. The van der Waals surface area contributed by atoms with Crippen LogP contribution in [0.3, 0.4) is 0 Å². The summed E-state index contributed by atoms with van der Waals surface area (Å²) in [4.78, 5) is 15.7. The summed E-state index contributed by atoms with van der Waals surface area (Å²) in [6.07, 6.45) is 0.258. The minimum absolute atomic E-state index is 0.225. The number of ether oxygens (including phenoxy) is 1. The Hall–Kier alpha value is -0.650. The van der Waals surface area contributed by atoms with Gasteiger partial charge in [0.15, 0.2) is 0 Å². The lowest BCUT2D eigenvalue weighted by Gasteiger charge is -2.06. The normalized spacial score (nSPS) is 12.5. The molecule has 0 aromatic rings. The van der Waals surface area contributed by atoms with E-state index in [2.05, 4.69) is 5.48 Å². The third-order valence-corrected chi connectivity index (χ3v) is 1.36. The summed E-state index contributed by atoms with van der Waals surface area (Å²) in [6, 6.07) is 0. The molecule has 0 heterocycles. The Morgan fingerprint density at radius 3 is 2.77 bits per heavy atom. The van der Waals surface area contributed by atoms with Gasteiger partial charge in [-0.3, -0.25) is 9.63 Å². The molecule has 0 aromatic carbocycles. The van der Waals surface area contributed by atoms with E-state index >= 15 is 0 Å². The summed E-state index contributed by atoms with van der Waals surface area (Å²) in [6.45, 7) is 2.41. The zero-order valence-corrected chi connectivity index (χ0v) is 8.08. The second-order valence-electron chi connectivity index (χ2n) is 2.75. The van der Waals surface area contributed by atoms with Crippen LogP contribution in [-0.2, 0) is 14.4 Å². The van der Waals surface area contributed by atoms with Crippen LogP contribution in [0.2, 0.25) is 0 Å². The maximum atomic E-state index is 10.9. The van der Waals surface area contributed by atoms with E-state index in [-0.39, 0.29) is 12.3 Å². The van der Waals surface area contributed by atoms with Gasteiger partial charge in [0, 0.05) is 13.5 Å². The van der Waals surface area contributed by atoms with Crippen LogP contribution in [0.4, 0.5) is 0 Å². The Labute approximate surface area is 78.0 Å². The van der Waals surface area contributed by atoms with Crippen LogP contribution in [0.15, 0.2) is 0 Å². The molecule has 0 saturated heterocycles. The number of hydrogen-bond acceptors (Lipinski definition) is 4. The molecule has 0 radical (unpaired) electrons. The van der Waals surface area contributed by atoms with Crippen molar-refractivity contribution in [2.24, 2.45) is 0 Å². The van der Waals surface area contributed by atoms with Gasteiger partial charge in [0.2, 0.25) is 5.91 Å². The van der Waals surface area contributed by atoms with Crippen LogP contribution in [0.5, 0.6) is 0 Å². The van der Waals surface area contributed by atoms with Gasteiger partial charge in [-0.25, -0.2) is 5.48 Å². The molecule has 0 bridgehead atoms. The zero-order chi connectivity index (χ0) is 10.1. The van der Waals surface area contributed by atoms with Gasteiger partial charge in [0.25, 0.3) is 0 Å². The first-order valence-corrected chi connectivity index (χ1v) is 4.24. The molecular weight excluding hydrogens is 174 g/mol. The fourth-order valence-electron chi connectivity index (χ4n) is 0.648. The van der Waals surface area contributed by atoms with Crippen molar-refractivity contribution in [2.75, 3.05) is 20.3 Å². The lowest BCUT2D eigenvalue weighted by molar-refractivity contribution is -0.135. The zero-order valence-electron chi connectivity index (χ0n) is 8.08. The van der Waals surface area contributed by atoms with Crippen molar-refractivity contribution < 1.29 is 19.5 Å². The van der Waals surface area contributed by atoms with E-state index in [0.717, 1.165) is 0 Å². The van der Waals surface area contributed by atoms with Gasteiger partial charge in [0.1, 0.15) is 0 Å². The standard InChI is InChI=1S/C8H17NO4/c1-7(10)3-4-8(11)9-13-6-5-12-2/h7,10H,3-6H2,1-2H3,(H,9,11). The topological polar surface area (TPSA) is 67.8 Å². The van der Waals surface area contributed by atoms with Gasteiger partial charge in [-0.15, -0.1) is 0 Å². The molecule has 0 aliphatic rings. The molecule has 0 aromatic heterocycles. The largest absolute Gasteiger partial charge is 0.393 e. The molecule has 13 heavy (non-hydrogen) atoms. The van der Waals surface area contributed by atoms with E-state index in [0.29, 0.717) is 19.6 Å². The quantitative estimate of drug-likeness (QED) is 0.433. The molecule has 0 spiro atoms. The summed E-state index contributed by atoms with van der Waals surface area (Å²) in [7, 11) is 1.55. The minimum Gasteiger partial charge on any atom is -0.393 e. The molecule has 2 N–H and O–H groups in total. The van der Waals surface area contributed by atoms with E-state index in [1.165, 1.54) is 0 Å². The number of carbonyl (C=O) groups excluding carboxylic acids is 1. The van der Waals surface area contributed by atoms with Crippen LogP contribution in [0, 0.1) is 0 Å². The molecule has 5 nitrogen and oxygen atoms in total. The van der Waals surface area contributed by atoms with Crippen molar-refractivity contribution in [2.45, 2.75) is 25.9 Å². The van der Waals surface area contributed by atoms with Gasteiger partial charge in [-0.05, 0) is 13.3 Å².